The summed E-state index contributed by atoms with van der Waals surface area (Å²) < 4.78 is 5.93. The summed E-state index contributed by atoms with van der Waals surface area (Å²) in [6.45, 7) is 4.27. The van der Waals surface area contributed by atoms with Crippen LogP contribution in [0.3, 0.4) is 0 Å². The Labute approximate surface area is 114 Å². The Hall–Kier alpha value is -1.38. The van der Waals surface area contributed by atoms with Crippen molar-refractivity contribution in [3.63, 3.8) is 0 Å². The van der Waals surface area contributed by atoms with Crippen LogP contribution in [0.4, 0.5) is 0 Å². The number of aryl methyl sites for hydroxylation is 1. The van der Waals surface area contributed by atoms with Gasteiger partial charge < -0.3 is 10.5 Å². The Bertz CT molecular complexity index is 593. The minimum Gasteiger partial charge on any atom is -0.373 e. The van der Waals surface area contributed by atoms with E-state index in [0.717, 1.165) is 12.8 Å². The highest BCUT2D eigenvalue weighted by Gasteiger charge is 2.29. The van der Waals surface area contributed by atoms with Gasteiger partial charge in [-0.05, 0) is 48.6 Å². The SMILES string of the molecule is Cc1ccc(C(N)C2CCC(C)O2)c2ccccc12. The van der Waals surface area contributed by atoms with Crippen molar-refractivity contribution in [1.82, 2.24) is 0 Å². The lowest BCUT2D eigenvalue weighted by Gasteiger charge is -2.22. The zero-order valence-corrected chi connectivity index (χ0v) is 11.6. The molecule has 1 fully saturated rings. The molecule has 0 bridgehead atoms. The molecule has 2 N–H and O–H groups in total. The maximum Gasteiger partial charge on any atom is 0.0772 e. The molecule has 0 radical (unpaired) electrons. The van der Waals surface area contributed by atoms with Crippen molar-refractivity contribution in [3.05, 3.63) is 47.5 Å². The molecule has 2 aromatic rings. The van der Waals surface area contributed by atoms with Gasteiger partial charge in [0.05, 0.1) is 18.2 Å². The lowest BCUT2D eigenvalue weighted by atomic mass is 9.93. The van der Waals surface area contributed by atoms with Gasteiger partial charge in [-0.3, -0.25) is 0 Å². The van der Waals surface area contributed by atoms with Gasteiger partial charge in [-0.15, -0.1) is 0 Å². The second-order valence-electron chi connectivity index (χ2n) is 5.61. The van der Waals surface area contributed by atoms with Gasteiger partial charge in [0.1, 0.15) is 0 Å². The zero-order chi connectivity index (χ0) is 13.4. The van der Waals surface area contributed by atoms with Gasteiger partial charge in [-0.1, -0.05) is 36.4 Å². The largest absolute Gasteiger partial charge is 0.373 e. The monoisotopic (exact) mass is 255 g/mol. The van der Waals surface area contributed by atoms with Crippen LogP contribution in [-0.2, 0) is 4.74 Å². The van der Waals surface area contributed by atoms with Crippen molar-refractivity contribution in [2.75, 3.05) is 0 Å². The lowest BCUT2D eigenvalue weighted by Crippen LogP contribution is -2.26. The molecular formula is C17H21NO. The van der Waals surface area contributed by atoms with Crippen molar-refractivity contribution >= 4 is 10.8 Å². The highest BCUT2D eigenvalue weighted by Crippen LogP contribution is 2.33. The van der Waals surface area contributed by atoms with E-state index in [1.165, 1.54) is 21.9 Å². The van der Waals surface area contributed by atoms with Crippen LogP contribution in [0.2, 0.25) is 0 Å². The van der Waals surface area contributed by atoms with Crippen LogP contribution in [0.5, 0.6) is 0 Å². The Morgan fingerprint density at radius 1 is 1.11 bits per heavy atom. The first kappa shape index (κ1) is 12.6. The minimum atomic E-state index is -0.0320. The van der Waals surface area contributed by atoms with Crippen LogP contribution in [0.25, 0.3) is 10.8 Å². The number of fused-ring (bicyclic) bond motifs is 1. The maximum atomic E-state index is 6.45. The Morgan fingerprint density at radius 2 is 1.84 bits per heavy atom. The molecule has 1 aliphatic rings. The molecule has 2 nitrogen and oxygen atoms in total. The average Bonchev–Trinajstić information content (AvgIpc) is 2.86. The van der Waals surface area contributed by atoms with E-state index in [2.05, 4.69) is 50.2 Å². The quantitative estimate of drug-likeness (QED) is 0.887. The molecule has 1 aliphatic heterocycles. The van der Waals surface area contributed by atoms with Crippen LogP contribution in [0.15, 0.2) is 36.4 Å². The van der Waals surface area contributed by atoms with Crippen molar-refractivity contribution in [2.45, 2.75) is 44.9 Å². The summed E-state index contributed by atoms with van der Waals surface area (Å²) in [6.07, 6.45) is 2.67. The molecule has 0 spiro atoms. The first-order valence-corrected chi connectivity index (χ1v) is 7.06. The van der Waals surface area contributed by atoms with Gasteiger partial charge in [-0.2, -0.15) is 0 Å². The highest BCUT2D eigenvalue weighted by molar-refractivity contribution is 5.89. The molecule has 3 unspecified atom stereocenters. The van der Waals surface area contributed by atoms with Crippen molar-refractivity contribution in [3.8, 4) is 0 Å². The molecule has 1 saturated heterocycles. The van der Waals surface area contributed by atoms with Crippen LogP contribution >= 0.6 is 0 Å². The molecule has 1 heterocycles. The van der Waals surface area contributed by atoms with Gasteiger partial charge >= 0.3 is 0 Å². The number of nitrogens with two attached hydrogens (primary N) is 1. The molecule has 19 heavy (non-hydrogen) atoms. The summed E-state index contributed by atoms with van der Waals surface area (Å²) in [5, 5.41) is 2.56. The predicted octanol–water partition coefficient (Wildman–Crippen LogP) is 3.72. The summed E-state index contributed by atoms with van der Waals surface area (Å²) in [7, 11) is 0. The van der Waals surface area contributed by atoms with Crippen LogP contribution in [0, 0.1) is 6.92 Å². The average molecular weight is 255 g/mol. The Balaban J connectivity index is 2.03. The van der Waals surface area contributed by atoms with E-state index in [4.69, 9.17) is 10.5 Å². The van der Waals surface area contributed by atoms with Gasteiger partial charge in [-0.25, -0.2) is 0 Å². The van der Waals surface area contributed by atoms with E-state index in [1.807, 2.05) is 0 Å². The summed E-state index contributed by atoms with van der Waals surface area (Å²) >= 11 is 0. The third kappa shape index (κ3) is 2.26. The molecular weight excluding hydrogens is 234 g/mol. The number of hydrogen-bond acceptors (Lipinski definition) is 2. The van der Waals surface area contributed by atoms with E-state index in [9.17, 15) is 0 Å². The Kier molecular flexibility index (Phi) is 3.29. The molecule has 3 rings (SSSR count). The number of ether oxygens (including phenoxy) is 1. The third-order valence-corrected chi connectivity index (χ3v) is 4.20. The fraction of sp³-hybridized carbons (Fsp3) is 0.412. The topological polar surface area (TPSA) is 35.2 Å². The summed E-state index contributed by atoms with van der Waals surface area (Å²) in [6, 6.07) is 12.8. The molecule has 3 atom stereocenters. The van der Waals surface area contributed by atoms with E-state index in [1.54, 1.807) is 0 Å². The Morgan fingerprint density at radius 3 is 2.53 bits per heavy atom. The lowest BCUT2D eigenvalue weighted by molar-refractivity contribution is 0.0404. The summed E-state index contributed by atoms with van der Waals surface area (Å²) in [4.78, 5) is 0. The molecule has 0 aromatic heterocycles. The van der Waals surface area contributed by atoms with E-state index >= 15 is 0 Å². The van der Waals surface area contributed by atoms with Crippen LogP contribution < -0.4 is 5.73 Å². The standard InChI is InChI=1S/C17H21NO/c1-11-7-9-15(14-6-4-3-5-13(11)14)17(18)16-10-8-12(2)19-16/h3-7,9,12,16-17H,8,10,18H2,1-2H3. The second kappa shape index (κ2) is 4.95. The number of benzene rings is 2. The fourth-order valence-corrected chi connectivity index (χ4v) is 3.06. The molecule has 100 valence electrons. The molecule has 2 aromatic carbocycles. The number of rotatable bonds is 2. The summed E-state index contributed by atoms with van der Waals surface area (Å²) in [5.41, 5.74) is 8.96. The normalized spacial score (nSPS) is 24.8. The summed E-state index contributed by atoms with van der Waals surface area (Å²) in [5.74, 6) is 0. The number of hydrogen-bond donors (Lipinski definition) is 1. The first-order chi connectivity index (χ1) is 9.16. The van der Waals surface area contributed by atoms with E-state index in [-0.39, 0.29) is 12.1 Å². The fourth-order valence-electron chi connectivity index (χ4n) is 3.06. The maximum absolute atomic E-state index is 6.45. The van der Waals surface area contributed by atoms with Gasteiger partial charge in [0.15, 0.2) is 0 Å². The predicted molar refractivity (Wildman–Crippen MR) is 79.2 cm³/mol. The molecule has 0 amide bonds. The zero-order valence-electron chi connectivity index (χ0n) is 11.6. The van der Waals surface area contributed by atoms with Crippen molar-refractivity contribution < 1.29 is 4.74 Å². The van der Waals surface area contributed by atoms with Gasteiger partial charge in [0.25, 0.3) is 0 Å². The van der Waals surface area contributed by atoms with Crippen molar-refractivity contribution in [2.24, 2.45) is 5.73 Å². The smallest absolute Gasteiger partial charge is 0.0772 e. The third-order valence-electron chi connectivity index (χ3n) is 4.20. The highest BCUT2D eigenvalue weighted by atomic mass is 16.5. The molecule has 0 saturated carbocycles. The molecule has 0 aliphatic carbocycles. The van der Waals surface area contributed by atoms with Crippen LogP contribution in [0.1, 0.15) is 36.9 Å². The van der Waals surface area contributed by atoms with E-state index < -0.39 is 0 Å². The van der Waals surface area contributed by atoms with E-state index in [0.29, 0.717) is 6.10 Å². The first-order valence-electron chi connectivity index (χ1n) is 7.06. The van der Waals surface area contributed by atoms with Crippen LogP contribution in [-0.4, -0.2) is 12.2 Å². The van der Waals surface area contributed by atoms with Gasteiger partial charge in [0, 0.05) is 0 Å². The second-order valence-corrected chi connectivity index (χ2v) is 5.61. The molecule has 2 heteroatoms. The minimum absolute atomic E-state index is 0.0320. The van der Waals surface area contributed by atoms with Crippen molar-refractivity contribution in [1.29, 1.82) is 0 Å². The van der Waals surface area contributed by atoms with Gasteiger partial charge in [0.2, 0.25) is 0 Å².